The molecule has 3 aliphatic rings. The second-order valence-corrected chi connectivity index (χ2v) is 7.78. The van der Waals surface area contributed by atoms with Gasteiger partial charge in [0.15, 0.2) is 0 Å². The van der Waals surface area contributed by atoms with Crippen LogP contribution < -0.4 is 0 Å². The van der Waals surface area contributed by atoms with Crippen LogP contribution in [0.1, 0.15) is 56.9 Å². The Morgan fingerprint density at radius 1 is 1.08 bits per heavy atom. The Kier molecular flexibility index (Phi) is 4.07. The minimum Gasteiger partial charge on any atom is -0.445 e. The monoisotopic (exact) mass is 327 g/mol. The van der Waals surface area contributed by atoms with E-state index in [1.54, 1.807) is 0 Å². The minimum absolute atomic E-state index is 0.159. The Bertz CT molecular complexity index is 605. The summed E-state index contributed by atoms with van der Waals surface area (Å²) in [7, 11) is 0. The van der Waals surface area contributed by atoms with E-state index in [-0.39, 0.29) is 6.09 Å². The fourth-order valence-corrected chi connectivity index (χ4v) is 4.35. The standard InChI is InChI=1S/C20H25NO3/c22-18-8-10-20(11-9-18)12-17(13-20)21(16-6-7-16)19(23)24-14-15-4-2-1-3-5-15/h1-5,16-17H,6-14H2. The van der Waals surface area contributed by atoms with E-state index in [0.29, 0.717) is 29.9 Å². The second kappa shape index (κ2) is 6.23. The quantitative estimate of drug-likeness (QED) is 0.837. The highest BCUT2D eigenvalue weighted by Gasteiger charge is 2.52. The van der Waals surface area contributed by atoms with Crippen LogP contribution in [0.4, 0.5) is 4.79 Å². The van der Waals surface area contributed by atoms with E-state index in [1.165, 1.54) is 0 Å². The van der Waals surface area contributed by atoms with Gasteiger partial charge < -0.3 is 9.64 Å². The molecule has 3 saturated carbocycles. The maximum atomic E-state index is 12.6. The van der Waals surface area contributed by atoms with Gasteiger partial charge in [0.2, 0.25) is 0 Å². The third-order valence-electron chi connectivity index (χ3n) is 5.96. The van der Waals surface area contributed by atoms with Crippen LogP contribution in [0.15, 0.2) is 30.3 Å². The third-order valence-corrected chi connectivity index (χ3v) is 5.96. The Balaban J connectivity index is 1.34. The molecule has 0 aliphatic heterocycles. The zero-order valence-electron chi connectivity index (χ0n) is 14.1. The number of hydrogen-bond acceptors (Lipinski definition) is 3. The molecule has 4 heteroatoms. The molecule has 1 spiro atoms. The van der Waals surface area contributed by atoms with E-state index in [2.05, 4.69) is 0 Å². The number of rotatable bonds is 4. The van der Waals surface area contributed by atoms with E-state index in [4.69, 9.17) is 4.74 Å². The zero-order valence-corrected chi connectivity index (χ0v) is 14.1. The highest BCUT2D eigenvalue weighted by molar-refractivity contribution is 5.79. The van der Waals surface area contributed by atoms with Crippen molar-refractivity contribution in [1.29, 1.82) is 0 Å². The molecule has 24 heavy (non-hydrogen) atoms. The van der Waals surface area contributed by atoms with Crippen LogP contribution in [0.25, 0.3) is 0 Å². The largest absolute Gasteiger partial charge is 0.445 e. The van der Waals surface area contributed by atoms with Crippen LogP contribution in [-0.2, 0) is 16.1 Å². The van der Waals surface area contributed by atoms with E-state index in [1.807, 2.05) is 35.2 Å². The summed E-state index contributed by atoms with van der Waals surface area (Å²) in [6.45, 7) is 0.343. The summed E-state index contributed by atoms with van der Waals surface area (Å²) >= 11 is 0. The molecule has 3 fully saturated rings. The van der Waals surface area contributed by atoms with Crippen molar-refractivity contribution in [2.45, 2.75) is 70.1 Å². The lowest BCUT2D eigenvalue weighted by Crippen LogP contribution is -2.55. The topological polar surface area (TPSA) is 46.6 Å². The average molecular weight is 327 g/mol. The van der Waals surface area contributed by atoms with E-state index in [9.17, 15) is 9.59 Å². The summed E-state index contributed by atoms with van der Waals surface area (Å²) in [6, 6.07) is 10.5. The molecular weight excluding hydrogens is 302 g/mol. The second-order valence-electron chi connectivity index (χ2n) is 7.78. The first-order valence-corrected chi connectivity index (χ1v) is 9.16. The van der Waals surface area contributed by atoms with E-state index >= 15 is 0 Å². The third kappa shape index (κ3) is 3.19. The molecule has 0 saturated heterocycles. The highest BCUT2D eigenvalue weighted by Crippen LogP contribution is 2.54. The highest BCUT2D eigenvalue weighted by atomic mass is 16.6. The number of amides is 1. The van der Waals surface area contributed by atoms with Gasteiger partial charge in [0, 0.05) is 24.9 Å². The molecule has 1 aromatic rings. The molecule has 0 N–H and O–H groups in total. The van der Waals surface area contributed by atoms with Crippen LogP contribution in [0, 0.1) is 5.41 Å². The van der Waals surface area contributed by atoms with Gasteiger partial charge in [-0.05, 0) is 49.5 Å². The predicted molar refractivity (Wildman–Crippen MR) is 90.4 cm³/mol. The van der Waals surface area contributed by atoms with E-state index < -0.39 is 0 Å². The summed E-state index contributed by atoms with van der Waals surface area (Å²) in [5.41, 5.74) is 1.35. The molecule has 1 aromatic carbocycles. The molecule has 4 rings (SSSR count). The summed E-state index contributed by atoms with van der Waals surface area (Å²) in [6.07, 6.45) is 7.63. The van der Waals surface area contributed by atoms with Gasteiger partial charge in [0.1, 0.15) is 12.4 Å². The van der Waals surface area contributed by atoms with Gasteiger partial charge in [0.05, 0.1) is 0 Å². The van der Waals surface area contributed by atoms with Gasteiger partial charge in [-0.15, -0.1) is 0 Å². The molecule has 0 radical (unpaired) electrons. The van der Waals surface area contributed by atoms with Gasteiger partial charge >= 0.3 is 6.09 Å². The molecule has 3 aliphatic carbocycles. The number of ether oxygens (including phenoxy) is 1. The van der Waals surface area contributed by atoms with Gasteiger partial charge in [0.25, 0.3) is 0 Å². The summed E-state index contributed by atoms with van der Waals surface area (Å²) < 4.78 is 5.57. The smallest absolute Gasteiger partial charge is 0.410 e. The Labute approximate surface area is 143 Å². The van der Waals surface area contributed by atoms with Crippen LogP contribution >= 0.6 is 0 Å². The van der Waals surface area contributed by atoms with Crippen molar-refractivity contribution in [3.63, 3.8) is 0 Å². The number of hydrogen-bond donors (Lipinski definition) is 0. The van der Waals surface area contributed by atoms with Crippen LogP contribution in [0.2, 0.25) is 0 Å². The SMILES string of the molecule is O=C1CCC2(CC1)CC(N(C(=O)OCc1ccccc1)C1CC1)C2. The number of Topliss-reactive ketones (excluding diaryl/α,β-unsaturated/α-hetero) is 1. The molecule has 4 nitrogen and oxygen atoms in total. The molecule has 0 heterocycles. The van der Waals surface area contributed by atoms with Crippen LogP contribution in [0.3, 0.4) is 0 Å². The lowest BCUT2D eigenvalue weighted by Gasteiger charge is -2.53. The molecular formula is C20H25NO3. The first kappa shape index (κ1) is 15.7. The molecule has 0 unspecified atom stereocenters. The fraction of sp³-hybridized carbons (Fsp3) is 0.600. The maximum absolute atomic E-state index is 12.6. The normalized spacial score (nSPS) is 22.9. The van der Waals surface area contributed by atoms with Gasteiger partial charge in [-0.3, -0.25) is 4.79 Å². The van der Waals surface area contributed by atoms with Crippen molar-refractivity contribution in [2.75, 3.05) is 0 Å². The number of benzene rings is 1. The molecule has 1 amide bonds. The van der Waals surface area contributed by atoms with Gasteiger partial charge in [-0.1, -0.05) is 30.3 Å². The lowest BCUT2D eigenvalue weighted by atomic mass is 9.58. The van der Waals surface area contributed by atoms with Crippen molar-refractivity contribution >= 4 is 11.9 Å². The lowest BCUT2D eigenvalue weighted by molar-refractivity contribution is -0.125. The zero-order chi connectivity index (χ0) is 16.6. The minimum atomic E-state index is -0.159. The first-order valence-electron chi connectivity index (χ1n) is 9.16. The first-order chi connectivity index (χ1) is 11.7. The molecule has 128 valence electrons. The summed E-state index contributed by atoms with van der Waals surface area (Å²) in [5, 5.41) is 0. The molecule has 0 bridgehead atoms. The molecule has 0 atom stereocenters. The number of nitrogens with zero attached hydrogens (tertiary/aromatic N) is 1. The van der Waals surface area contributed by atoms with Crippen LogP contribution in [0.5, 0.6) is 0 Å². The summed E-state index contributed by atoms with van der Waals surface area (Å²) in [4.78, 5) is 26.1. The average Bonchev–Trinajstić information content (AvgIpc) is 3.39. The number of carbonyl (C=O) groups is 2. The summed E-state index contributed by atoms with van der Waals surface area (Å²) in [5.74, 6) is 0.408. The number of ketones is 1. The van der Waals surface area contributed by atoms with Gasteiger partial charge in [-0.25, -0.2) is 4.79 Å². The Morgan fingerprint density at radius 2 is 1.75 bits per heavy atom. The Morgan fingerprint density at radius 3 is 2.38 bits per heavy atom. The molecule has 0 aromatic heterocycles. The van der Waals surface area contributed by atoms with Crippen molar-refractivity contribution < 1.29 is 14.3 Å². The van der Waals surface area contributed by atoms with Crippen LogP contribution in [-0.4, -0.2) is 28.9 Å². The van der Waals surface area contributed by atoms with Crippen molar-refractivity contribution in [3.05, 3.63) is 35.9 Å². The number of carbonyl (C=O) groups excluding carboxylic acids is 2. The Hall–Kier alpha value is -1.84. The van der Waals surface area contributed by atoms with Gasteiger partial charge in [-0.2, -0.15) is 0 Å². The van der Waals surface area contributed by atoms with Crippen molar-refractivity contribution in [1.82, 2.24) is 4.90 Å². The van der Waals surface area contributed by atoms with Crippen molar-refractivity contribution in [2.24, 2.45) is 5.41 Å². The fourth-order valence-electron chi connectivity index (χ4n) is 4.35. The van der Waals surface area contributed by atoms with Crippen molar-refractivity contribution in [3.8, 4) is 0 Å². The van der Waals surface area contributed by atoms with E-state index in [0.717, 1.165) is 56.9 Å². The predicted octanol–water partition coefficient (Wildman–Crippen LogP) is 4.08. The maximum Gasteiger partial charge on any atom is 0.410 e.